The molecular weight excluding hydrogens is 239 g/mol. The van der Waals surface area contributed by atoms with Crippen molar-refractivity contribution in [1.82, 2.24) is 15.0 Å². The lowest BCUT2D eigenvalue weighted by Crippen LogP contribution is -2.06. The average molecular weight is 252 g/mol. The molecule has 0 amide bonds. The first kappa shape index (κ1) is 11.9. The largest absolute Gasteiger partial charge is 0.363 e. The van der Waals surface area contributed by atoms with Crippen LogP contribution in [0, 0.1) is 12.7 Å². The number of thiazole rings is 1. The summed E-state index contributed by atoms with van der Waals surface area (Å²) in [7, 11) is 0. The Hall–Kier alpha value is -1.56. The predicted octanol–water partition coefficient (Wildman–Crippen LogP) is 2.56. The van der Waals surface area contributed by atoms with Crippen LogP contribution in [0.1, 0.15) is 22.5 Å². The number of aromatic nitrogens is 3. The zero-order valence-corrected chi connectivity index (χ0v) is 10.5. The van der Waals surface area contributed by atoms with Gasteiger partial charge in [-0.05, 0) is 13.3 Å². The number of nitrogens with one attached hydrogen (secondary N) is 1. The number of halogens is 1. The van der Waals surface area contributed by atoms with Crippen LogP contribution in [0.2, 0.25) is 0 Å². The molecule has 0 saturated carbocycles. The van der Waals surface area contributed by atoms with Gasteiger partial charge in [0.15, 0.2) is 11.6 Å². The second kappa shape index (κ2) is 5.18. The van der Waals surface area contributed by atoms with Crippen molar-refractivity contribution >= 4 is 17.2 Å². The molecule has 1 N–H and O–H groups in total. The van der Waals surface area contributed by atoms with Crippen LogP contribution < -0.4 is 5.32 Å². The Morgan fingerprint density at radius 2 is 2.18 bits per heavy atom. The minimum atomic E-state index is -0.365. The lowest BCUT2D eigenvalue weighted by atomic mass is 10.3. The van der Waals surface area contributed by atoms with Gasteiger partial charge in [0.2, 0.25) is 0 Å². The molecule has 0 spiro atoms. The molecule has 0 aliphatic rings. The van der Waals surface area contributed by atoms with E-state index in [9.17, 15) is 4.39 Å². The highest BCUT2D eigenvalue weighted by atomic mass is 32.1. The number of anilines is 1. The highest BCUT2D eigenvalue weighted by molar-refractivity contribution is 7.11. The molecule has 90 valence electrons. The Bertz CT molecular complexity index is 512. The van der Waals surface area contributed by atoms with Gasteiger partial charge in [-0.15, -0.1) is 11.3 Å². The molecule has 0 radical (unpaired) electrons. The van der Waals surface area contributed by atoms with E-state index in [0.717, 1.165) is 9.88 Å². The van der Waals surface area contributed by atoms with Crippen LogP contribution in [-0.2, 0) is 13.0 Å². The van der Waals surface area contributed by atoms with Gasteiger partial charge in [0, 0.05) is 11.1 Å². The van der Waals surface area contributed by atoms with Crippen LogP contribution in [0.25, 0.3) is 0 Å². The molecule has 0 fully saturated rings. The topological polar surface area (TPSA) is 50.7 Å². The minimum Gasteiger partial charge on any atom is -0.363 e. The second-order valence-corrected chi connectivity index (χ2v) is 4.85. The van der Waals surface area contributed by atoms with E-state index in [1.165, 1.54) is 6.33 Å². The van der Waals surface area contributed by atoms with Crippen LogP contribution >= 0.6 is 11.3 Å². The fraction of sp³-hybridized carbons (Fsp3) is 0.364. The van der Waals surface area contributed by atoms with Crippen LogP contribution in [0.3, 0.4) is 0 Å². The quantitative estimate of drug-likeness (QED) is 0.908. The lowest BCUT2D eigenvalue weighted by molar-refractivity contribution is 0.597. The van der Waals surface area contributed by atoms with E-state index in [1.807, 2.05) is 13.8 Å². The predicted molar refractivity (Wildman–Crippen MR) is 65.5 cm³/mol. The van der Waals surface area contributed by atoms with Crippen LogP contribution in [0.4, 0.5) is 10.2 Å². The fourth-order valence-electron chi connectivity index (χ4n) is 1.43. The normalized spacial score (nSPS) is 10.5. The Labute approximate surface area is 103 Å². The van der Waals surface area contributed by atoms with Gasteiger partial charge >= 0.3 is 0 Å². The lowest BCUT2D eigenvalue weighted by Gasteiger charge is -2.06. The van der Waals surface area contributed by atoms with E-state index in [1.54, 1.807) is 17.5 Å². The third-order valence-corrected chi connectivity index (χ3v) is 3.21. The number of rotatable bonds is 4. The number of aryl methyl sites for hydroxylation is 2. The summed E-state index contributed by atoms with van der Waals surface area (Å²) in [4.78, 5) is 13.0. The smallest absolute Gasteiger partial charge is 0.186 e. The summed E-state index contributed by atoms with van der Waals surface area (Å²) >= 11 is 1.58. The molecule has 17 heavy (non-hydrogen) atoms. The van der Waals surface area contributed by atoms with Gasteiger partial charge < -0.3 is 5.32 Å². The van der Waals surface area contributed by atoms with Gasteiger partial charge in [-0.3, -0.25) is 0 Å². The maximum absolute atomic E-state index is 13.8. The van der Waals surface area contributed by atoms with Crippen molar-refractivity contribution in [3.8, 4) is 0 Å². The molecule has 6 heteroatoms. The van der Waals surface area contributed by atoms with Gasteiger partial charge in [0.1, 0.15) is 6.33 Å². The third kappa shape index (κ3) is 2.76. The van der Waals surface area contributed by atoms with Gasteiger partial charge in [0.25, 0.3) is 0 Å². The summed E-state index contributed by atoms with van der Waals surface area (Å²) in [6, 6.07) is 0. The highest BCUT2D eigenvalue weighted by Gasteiger charge is 2.09. The molecule has 0 atom stereocenters. The van der Waals surface area contributed by atoms with E-state index in [-0.39, 0.29) is 11.6 Å². The first-order valence-electron chi connectivity index (χ1n) is 5.35. The molecular formula is C11H13FN4S. The summed E-state index contributed by atoms with van der Waals surface area (Å²) < 4.78 is 13.8. The molecule has 0 bridgehead atoms. The SMILES string of the molecule is CCc1ncnc(NCc2cnc(C)s2)c1F. The van der Waals surface area contributed by atoms with E-state index in [4.69, 9.17) is 0 Å². The van der Waals surface area contributed by atoms with Crippen LogP contribution in [-0.4, -0.2) is 15.0 Å². The molecule has 0 aliphatic heterocycles. The molecule has 2 rings (SSSR count). The van der Waals surface area contributed by atoms with Crippen molar-refractivity contribution in [1.29, 1.82) is 0 Å². The van der Waals surface area contributed by atoms with E-state index in [2.05, 4.69) is 20.3 Å². The van der Waals surface area contributed by atoms with Crippen molar-refractivity contribution < 1.29 is 4.39 Å². The first-order valence-corrected chi connectivity index (χ1v) is 6.17. The molecule has 2 aromatic rings. The monoisotopic (exact) mass is 252 g/mol. The Kier molecular flexibility index (Phi) is 3.63. The number of hydrogen-bond acceptors (Lipinski definition) is 5. The van der Waals surface area contributed by atoms with Gasteiger partial charge in [-0.2, -0.15) is 0 Å². The minimum absolute atomic E-state index is 0.253. The van der Waals surface area contributed by atoms with Gasteiger partial charge in [-0.25, -0.2) is 19.3 Å². The van der Waals surface area contributed by atoms with Gasteiger partial charge in [-0.1, -0.05) is 6.92 Å². The molecule has 4 nitrogen and oxygen atoms in total. The maximum atomic E-state index is 13.8. The van der Waals surface area contributed by atoms with Crippen molar-refractivity contribution in [2.24, 2.45) is 0 Å². The average Bonchev–Trinajstić information content (AvgIpc) is 2.74. The van der Waals surface area contributed by atoms with Gasteiger partial charge in [0.05, 0.1) is 17.2 Å². The summed E-state index contributed by atoms with van der Waals surface area (Å²) in [5, 5.41) is 3.96. The zero-order valence-electron chi connectivity index (χ0n) is 9.70. The molecule has 0 aliphatic carbocycles. The third-order valence-electron chi connectivity index (χ3n) is 2.30. The molecule has 2 heterocycles. The standard InChI is InChI=1S/C11H13FN4S/c1-3-9-10(12)11(16-6-15-9)14-5-8-4-13-7(2)17-8/h4,6H,3,5H2,1-2H3,(H,14,15,16). The second-order valence-electron chi connectivity index (χ2n) is 3.54. The summed E-state index contributed by atoms with van der Waals surface area (Å²) in [5.74, 6) is -0.112. The zero-order chi connectivity index (χ0) is 12.3. The van der Waals surface area contributed by atoms with Crippen LogP contribution in [0.15, 0.2) is 12.5 Å². The van der Waals surface area contributed by atoms with E-state index in [0.29, 0.717) is 18.7 Å². The maximum Gasteiger partial charge on any atom is 0.186 e. The van der Waals surface area contributed by atoms with Crippen molar-refractivity contribution in [2.75, 3.05) is 5.32 Å². The van der Waals surface area contributed by atoms with E-state index >= 15 is 0 Å². The van der Waals surface area contributed by atoms with E-state index < -0.39 is 0 Å². The molecule has 0 unspecified atom stereocenters. The van der Waals surface area contributed by atoms with Crippen molar-refractivity contribution in [3.05, 3.63) is 33.9 Å². The summed E-state index contributed by atoms with van der Waals surface area (Å²) in [6.45, 7) is 4.33. The summed E-state index contributed by atoms with van der Waals surface area (Å²) in [5.41, 5.74) is 0.433. The Balaban J connectivity index is 2.09. The Morgan fingerprint density at radius 1 is 1.35 bits per heavy atom. The fourth-order valence-corrected chi connectivity index (χ4v) is 2.17. The molecule has 2 aromatic heterocycles. The molecule has 0 saturated heterocycles. The number of hydrogen-bond donors (Lipinski definition) is 1. The first-order chi connectivity index (χ1) is 8.20. The highest BCUT2D eigenvalue weighted by Crippen LogP contribution is 2.16. The molecule has 0 aromatic carbocycles. The van der Waals surface area contributed by atoms with Crippen molar-refractivity contribution in [2.45, 2.75) is 26.8 Å². The van der Waals surface area contributed by atoms with Crippen molar-refractivity contribution in [3.63, 3.8) is 0 Å². The van der Waals surface area contributed by atoms with Crippen LogP contribution in [0.5, 0.6) is 0 Å². The number of nitrogens with zero attached hydrogens (tertiary/aromatic N) is 3. The summed E-state index contributed by atoms with van der Waals surface area (Å²) in [6.07, 6.45) is 3.72. The Morgan fingerprint density at radius 3 is 2.82 bits per heavy atom.